The van der Waals surface area contributed by atoms with Gasteiger partial charge in [-0.3, -0.25) is 0 Å². The van der Waals surface area contributed by atoms with Crippen LogP contribution < -0.4 is 5.32 Å². The Labute approximate surface area is 104 Å². The summed E-state index contributed by atoms with van der Waals surface area (Å²) in [4.78, 5) is 10.7. The van der Waals surface area contributed by atoms with Gasteiger partial charge in [0, 0.05) is 18.0 Å². The second-order valence-electron chi connectivity index (χ2n) is 4.47. The van der Waals surface area contributed by atoms with Crippen LogP contribution in [0.25, 0.3) is 0 Å². The molecule has 1 aromatic heterocycles. The van der Waals surface area contributed by atoms with Crippen LogP contribution in [0.4, 0.5) is 5.88 Å². The Hall–Kier alpha value is -2.23. The minimum atomic E-state index is -1.04. The van der Waals surface area contributed by atoms with Gasteiger partial charge < -0.3 is 14.8 Å². The SMILES string of the molecule is O=C(O)c1ccc(NC2CC2c2ccccc2)o1. The fourth-order valence-corrected chi connectivity index (χ4v) is 2.14. The number of furan rings is 1. The van der Waals surface area contributed by atoms with Crippen molar-refractivity contribution in [3.8, 4) is 0 Å². The highest BCUT2D eigenvalue weighted by atomic mass is 16.4. The van der Waals surface area contributed by atoms with Crippen LogP contribution >= 0.6 is 0 Å². The standard InChI is InChI=1S/C14H13NO3/c16-14(17)12-6-7-13(18-12)15-11-8-10(11)9-4-2-1-3-5-9/h1-7,10-11,15H,8H2,(H,16,17). The molecule has 0 spiro atoms. The molecule has 1 saturated carbocycles. The van der Waals surface area contributed by atoms with E-state index in [1.54, 1.807) is 6.07 Å². The fraction of sp³-hybridized carbons (Fsp3) is 0.214. The molecule has 1 aromatic carbocycles. The van der Waals surface area contributed by atoms with Gasteiger partial charge in [-0.1, -0.05) is 30.3 Å². The molecule has 3 rings (SSSR count). The number of benzene rings is 1. The number of carboxylic acids is 1. The predicted octanol–water partition coefficient (Wildman–Crippen LogP) is 2.95. The molecule has 1 aliphatic rings. The van der Waals surface area contributed by atoms with Gasteiger partial charge in [0.25, 0.3) is 0 Å². The quantitative estimate of drug-likeness (QED) is 0.866. The zero-order chi connectivity index (χ0) is 12.5. The van der Waals surface area contributed by atoms with E-state index in [1.165, 1.54) is 11.6 Å². The summed E-state index contributed by atoms with van der Waals surface area (Å²) < 4.78 is 5.17. The smallest absolute Gasteiger partial charge is 0.371 e. The highest BCUT2D eigenvalue weighted by molar-refractivity contribution is 5.84. The van der Waals surface area contributed by atoms with Gasteiger partial charge in [0.1, 0.15) is 0 Å². The molecule has 4 nitrogen and oxygen atoms in total. The number of nitrogens with one attached hydrogen (secondary N) is 1. The third-order valence-electron chi connectivity index (χ3n) is 3.16. The summed E-state index contributed by atoms with van der Waals surface area (Å²) in [5, 5.41) is 12.0. The number of hydrogen-bond donors (Lipinski definition) is 2. The van der Waals surface area contributed by atoms with Crippen LogP contribution in [0, 0.1) is 0 Å². The monoisotopic (exact) mass is 243 g/mol. The molecule has 2 aromatic rings. The van der Waals surface area contributed by atoms with Crippen molar-refractivity contribution in [2.75, 3.05) is 5.32 Å². The first-order chi connectivity index (χ1) is 8.74. The minimum Gasteiger partial charge on any atom is -0.475 e. The van der Waals surface area contributed by atoms with Crippen LogP contribution in [0.1, 0.15) is 28.5 Å². The minimum absolute atomic E-state index is 0.0330. The molecule has 2 atom stereocenters. The highest BCUT2D eigenvalue weighted by Crippen LogP contribution is 2.42. The van der Waals surface area contributed by atoms with Crippen LogP contribution in [0.2, 0.25) is 0 Å². The summed E-state index contributed by atoms with van der Waals surface area (Å²) in [5.41, 5.74) is 1.31. The van der Waals surface area contributed by atoms with Crippen molar-refractivity contribution in [1.82, 2.24) is 0 Å². The Morgan fingerprint density at radius 2 is 2.00 bits per heavy atom. The van der Waals surface area contributed by atoms with Gasteiger partial charge >= 0.3 is 5.97 Å². The van der Waals surface area contributed by atoms with E-state index >= 15 is 0 Å². The lowest BCUT2D eigenvalue weighted by Gasteiger charge is -2.02. The van der Waals surface area contributed by atoms with Crippen molar-refractivity contribution in [1.29, 1.82) is 0 Å². The summed E-state index contributed by atoms with van der Waals surface area (Å²) >= 11 is 0. The predicted molar refractivity (Wildman–Crippen MR) is 66.9 cm³/mol. The molecule has 0 saturated heterocycles. The molecule has 0 radical (unpaired) electrons. The first-order valence-corrected chi connectivity index (χ1v) is 5.88. The average molecular weight is 243 g/mol. The van der Waals surface area contributed by atoms with Crippen LogP contribution in [-0.4, -0.2) is 17.1 Å². The van der Waals surface area contributed by atoms with Gasteiger partial charge in [-0.2, -0.15) is 0 Å². The number of hydrogen-bond acceptors (Lipinski definition) is 3. The first kappa shape index (κ1) is 10.9. The maximum atomic E-state index is 10.7. The summed E-state index contributed by atoms with van der Waals surface area (Å²) in [6, 6.07) is 13.7. The lowest BCUT2D eigenvalue weighted by molar-refractivity contribution is 0.0663. The topological polar surface area (TPSA) is 62.5 Å². The molecular formula is C14H13NO3. The normalized spacial score (nSPS) is 21.6. The Morgan fingerprint density at radius 3 is 2.67 bits per heavy atom. The summed E-state index contributed by atoms with van der Waals surface area (Å²) in [7, 11) is 0. The van der Waals surface area contributed by atoms with Crippen LogP contribution in [0.15, 0.2) is 46.9 Å². The van der Waals surface area contributed by atoms with Gasteiger partial charge in [-0.25, -0.2) is 4.79 Å². The molecule has 0 bridgehead atoms. The van der Waals surface area contributed by atoms with Crippen molar-refractivity contribution in [2.45, 2.75) is 18.4 Å². The van der Waals surface area contributed by atoms with Gasteiger partial charge in [0.05, 0.1) is 0 Å². The van der Waals surface area contributed by atoms with E-state index in [0.29, 0.717) is 17.8 Å². The lowest BCUT2D eigenvalue weighted by atomic mass is 10.1. The molecule has 0 aliphatic heterocycles. The van der Waals surface area contributed by atoms with E-state index in [4.69, 9.17) is 9.52 Å². The number of carboxylic acid groups (broad SMARTS) is 1. The van der Waals surface area contributed by atoms with Crippen molar-refractivity contribution in [3.05, 3.63) is 53.8 Å². The molecule has 1 heterocycles. The van der Waals surface area contributed by atoms with E-state index in [9.17, 15) is 4.79 Å². The molecule has 2 unspecified atom stereocenters. The molecule has 4 heteroatoms. The van der Waals surface area contributed by atoms with Gasteiger partial charge in [0.15, 0.2) is 5.88 Å². The van der Waals surface area contributed by atoms with Crippen molar-refractivity contribution in [3.63, 3.8) is 0 Å². The zero-order valence-electron chi connectivity index (χ0n) is 9.67. The highest BCUT2D eigenvalue weighted by Gasteiger charge is 2.38. The Bertz CT molecular complexity index is 561. The first-order valence-electron chi connectivity index (χ1n) is 5.88. The molecule has 92 valence electrons. The number of aromatic carboxylic acids is 1. The van der Waals surface area contributed by atoms with Crippen LogP contribution in [-0.2, 0) is 0 Å². The molecule has 18 heavy (non-hydrogen) atoms. The van der Waals surface area contributed by atoms with Crippen LogP contribution in [0.3, 0.4) is 0 Å². The number of anilines is 1. The molecule has 1 fully saturated rings. The van der Waals surface area contributed by atoms with Crippen molar-refractivity contribution >= 4 is 11.9 Å². The van der Waals surface area contributed by atoms with Gasteiger partial charge in [0.2, 0.25) is 5.76 Å². The summed E-state index contributed by atoms with van der Waals surface area (Å²) in [5.74, 6) is -0.0618. The summed E-state index contributed by atoms with van der Waals surface area (Å²) in [6.07, 6.45) is 1.05. The third kappa shape index (κ3) is 2.09. The van der Waals surface area contributed by atoms with E-state index in [-0.39, 0.29) is 5.76 Å². The lowest BCUT2D eigenvalue weighted by Crippen LogP contribution is -2.03. The molecule has 2 N–H and O–H groups in total. The van der Waals surface area contributed by atoms with E-state index in [1.807, 2.05) is 18.2 Å². The Balaban J connectivity index is 1.64. The van der Waals surface area contributed by atoms with Crippen LogP contribution in [0.5, 0.6) is 0 Å². The van der Waals surface area contributed by atoms with Gasteiger partial charge in [-0.15, -0.1) is 0 Å². The maximum Gasteiger partial charge on any atom is 0.371 e. The molecule has 0 amide bonds. The van der Waals surface area contributed by atoms with Crippen molar-refractivity contribution < 1.29 is 14.3 Å². The number of carbonyl (C=O) groups is 1. The largest absolute Gasteiger partial charge is 0.475 e. The Kier molecular flexibility index (Phi) is 2.55. The van der Waals surface area contributed by atoms with Gasteiger partial charge in [-0.05, 0) is 18.1 Å². The summed E-state index contributed by atoms with van der Waals surface area (Å²) in [6.45, 7) is 0. The maximum absolute atomic E-state index is 10.7. The van der Waals surface area contributed by atoms with E-state index in [2.05, 4.69) is 17.4 Å². The Morgan fingerprint density at radius 1 is 1.22 bits per heavy atom. The van der Waals surface area contributed by atoms with E-state index in [0.717, 1.165) is 6.42 Å². The molecular weight excluding hydrogens is 230 g/mol. The molecule has 1 aliphatic carbocycles. The van der Waals surface area contributed by atoms with Crippen molar-refractivity contribution in [2.24, 2.45) is 0 Å². The second kappa shape index (κ2) is 4.22. The third-order valence-corrected chi connectivity index (χ3v) is 3.16. The zero-order valence-corrected chi connectivity index (χ0v) is 9.67. The average Bonchev–Trinajstić information content (AvgIpc) is 2.97. The second-order valence-corrected chi connectivity index (χ2v) is 4.47. The van der Waals surface area contributed by atoms with E-state index < -0.39 is 5.97 Å². The fourth-order valence-electron chi connectivity index (χ4n) is 2.14. The number of rotatable bonds is 4.